The molecule has 0 aliphatic carbocycles. The van der Waals surface area contributed by atoms with Crippen molar-refractivity contribution < 1.29 is 19.1 Å². The van der Waals surface area contributed by atoms with Gasteiger partial charge >= 0.3 is 5.97 Å². The quantitative estimate of drug-likeness (QED) is 0.783. The minimum absolute atomic E-state index is 0.0602. The zero-order chi connectivity index (χ0) is 17.3. The van der Waals surface area contributed by atoms with Gasteiger partial charge in [-0.15, -0.1) is 0 Å². The van der Waals surface area contributed by atoms with E-state index < -0.39 is 17.1 Å². The minimum Gasteiger partial charge on any atom is -0.459 e. The summed E-state index contributed by atoms with van der Waals surface area (Å²) in [4.78, 5) is 38.4. The molecular weight excluding hydrogens is 296 g/mol. The van der Waals surface area contributed by atoms with Gasteiger partial charge in [0, 0.05) is 19.5 Å². The van der Waals surface area contributed by atoms with E-state index in [-0.39, 0.29) is 17.8 Å². The second-order valence-electron chi connectivity index (χ2n) is 7.94. The third-order valence-electron chi connectivity index (χ3n) is 4.46. The van der Waals surface area contributed by atoms with Crippen molar-refractivity contribution in [3.8, 4) is 0 Å². The predicted molar refractivity (Wildman–Crippen MR) is 85.5 cm³/mol. The molecule has 130 valence electrons. The van der Waals surface area contributed by atoms with E-state index in [1.807, 2.05) is 27.7 Å². The van der Waals surface area contributed by atoms with Crippen molar-refractivity contribution in [2.45, 2.75) is 71.4 Å². The van der Waals surface area contributed by atoms with Crippen molar-refractivity contribution in [3.63, 3.8) is 0 Å². The van der Waals surface area contributed by atoms with Gasteiger partial charge in [-0.05, 0) is 47.0 Å². The average molecular weight is 324 g/mol. The van der Waals surface area contributed by atoms with Gasteiger partial charge in [0.15, 0.2) is 0 Å². The number of rotatable bonds is 2. The smallest absolute Gasteiger partial charge is 0.314 e. The highest BCUT2D eigenvalue weighted by molar-refractivity contribution is 5.89. The van der Waals surface area contributed by atoms with Gasteiger partial charge in [-0.3, -0.25) is 14.4 Å². The molecule has 2 atom stereocenters. The van der Waals surface area contributed by atoms with Crippen LogP contribution in [0.1, 0.15) is 59.8 Å². The predicted octanol–water partition coefficient (Wildman–Crippen LogP) is 1.63. The Bertz CT molecular complexity index is 497. The molecule has 1 N–H and O–H groups in total. The fourth-order valence-electron chi connectivity index (χ4n) is 3.10. The second kappa shape index (κ2) is 6.49. The highest BCUT2D eigenvalue weighted by atomic mass is 16.6. The van der Waals surface area contributed by atoms with Gasteiger partial charge in [-0.25, -0.2) is 0 Å². The molecule has 0 radical (unpaired) electrons. The summed E-state index contributed by atoms with van der Waals surface area (Å²) >= 11 is 0. The number of carbonyl (C=O) groups excluding carboxylic acids is 3. The summed E-state index contributed by atoms with van der Waals surface area (Å²) in [6.45, 7) is 8.25. The first kappa shape index (κ1) is 17.8. The van der Waals surface area contributed by atoms with Gasteiger partial charge in [0.1, 0.15) is 11.6 Å². The van der Waals surface area contributed by atoms with Crippen LogP contribution in [0.3, 0.4) is 0 Å². The third-order valence-corrected chi connectivity index (χ3v) is 4.46. The lowest BCUT2D eigenvalue weighted by molar-refractivity contribution is -0.166. The Morgan fingerprint density at radius 1 is 1.30 bits per heavy atom. The maximum atomic E-state index is 12.7. The molecule has 2 aliphatic heterocycles. The molecule has 2 amide bonds. The zero-order valence-corrected chi connectivity index (χ0v) is 14.6. The number of hydrogen-bond donors (Lipinski definition) is 1. The molecule has 0 aromatic heterocycles. The molecule has 0 aromatic rings. The third kappa shape index (κ3) is 4.45. The first-order valence-electron chi connectivity index (χ1n) is 8.42. The van der Waals surface area contributed by atoms with E-state index in [0.29, 0.717) is 32.4 Å². The highest BCUT2D eigenvalue weighted by Gasteiger charge is 2.45. The maximum absolute atomic E-state index is 12.7. The fourth-order valence-corrected chi connectivity index (χ4v) is 3.10. The molecule has 6 heteroatoms. The molecule has 6 nitrogen and oxygen atoms in total. The molecule has 2 fully saturated rings. The number of likely N-dealkylation sites (tertiary alicyclic amines) is 1. The normalized spacial score (nSPS) is 29.0. The lowest BCUT2D eigenvalue weighted by Crippen LogP contribution is -2.48. The van der Waals surface area contributed by atoms with Crippen molar-refractivity contribution in [3.05, 3.63) is 0 Å². The number of esters is 1. The molecular formula is C17H28N2O4. The lowest BCUT2D eigenvalue weighted by atomic mass is 9.90. The lowest BCUT2D eigenvalue weighted by Gasteiger charge is -2.29. The first-order chi connectivity index (χ1) is 10.6. The molecule has 2 aliphatic rings. The summed E-state index contributed by atoms with van der Waals surface area (Å²) in [6, 6.07) is -0.453. The summed E-state index contributed by atoms with van der Waals surface area (Å²) in [6.07, 6.45) is 3.44. The van der Waals surface area contributed by atoms with Crippen molar-refractivity contribution in [2.24, 2.45) is 5.41 Å². The van der Waals surface area contributed by atoms with Crippen LogP contribution in [0, 0.1) is 5.41 Å². The minimum atomic E-state index is -0.669. The number of amides is 2. The highest BCUT2D eigenvalue weighted by Crippen LogP contribution is 2.33. The molecule has 0 spiro atoms. The Kier molecular flexibility index (Phi) is 5.01. The molecule has 0 unspecified atom stereocenters. The van der Waals surface area contributed by atoms with E-state index in [2.05, 4.69) is 5.32 Å². The fraction of sp³-hybridized carbons (Fsp3) is 0.824. The zero-order valence-electron chi connectivity index (χ0n) is 14.6. The van der Waals surface area contributed by atoms with Gasteiger partial charge < -0.3 is 15.0 Å². The van der Waals surface area contributed by atoms with Crippen molar-refractivity contribution in [2.75, 3.05) is 13.1 Å². The molecule has 2 saturated heterocycles. The van der Waals surface area contributed by atoms with E-state index in [1.54, 1.807) is 4.90 Å². The van der Waals surface area contributed by atoms with E-state index in [4.69, 9.17) is 4.74 Å². The largest absolute Gasteiger partial charge is 0.459 e. The molecule has 2 heterocycles. The summed E-state index contributed by atoms with van der Waals surface area (Å²) in [5, 5.41) is 2.80. The Morgan fingerprint density at radius 2 is 2.00 bits per heavy atom. The second-order valence-corrected chi connectivity index (χ2v) is 7.94. The van der Waals surface area contributed by atoms with Crippen LogP contribution in [0.25, 0.3) is 0 Å². The van der Waals surface area contributed by atoms with Crippen LogP contribution in [0.2, 0.25) is 0 Å². The number of nitrogens with zero attached hydrogens (tertiary/aromatic N) is 1. The van der Waals surface area contributed by atoms with Gasteiger partial charge in [0.25, 0.3) is 0 Å². The van der Waals surface area contributed by atoms with E-state index in [1.165, 1.54) is 0 Å². The van der Waals surface area contributed by atoms with Crippen LogP contribution in [0.15, 0.2) is 0 Å². The molecule has 0 saturated carbocycles. The van der Waals surface area contributed by atoms with E-state index >= 15 is 0 Å². The van der Waals surface area contributed by atoms with Crippen molar-refractivity contribution in [1.82, 2.24) is 10.2 Å². The SMILES string of the molecule is CC(C)(C)OC(=O)[C@]1(C)CCN(C(=O)[C@@H]2CCCCC(=O)N2)C1. The number of ether oxygens (including phenoxy) is 1. The van der Waals surface area contributed by atoms with Gasteiger partial charge in [-0.2, -0.15) is 0 Å². The number of carbonyl (C=O) groups is 3. The van der Waals surface area contributed by atoms with Gasteiger partial charge in [0.2, 0.25) is 11.8 Å². The number of nitrogens with one attached hydrogen (secondary N) is 1. The van der Waals surface area contributed by atoms with Crippen LogP contribution < -0.4 is 5.32 Å². The molecule has 23 heavy (non-hydrogen) atoms. The monoisotopic (exact) mass is 324 g/mol. The summed E-state index contributed by atoms with van der Waals surface area (Å²) < 4.78 is 5.49. The van der Waals surface area contributed by atoms with Crippen LogP contribution in [-0.2, 0) is 19.1 Å². The topological polar surface area (TPSA) is 75.7 Å². The average Bonchev–Trinajstić information content (AvgIpc) is 2.70. The van der Waals surface area contributed by atoms with Crippen LogP contribution in [0.5, 0.6) is 0 Å². The van der Waals surface area contributed by atoms with E-state index in [9.17, 15) is 14.4 Å². The summed E-state index contributed by atoms with van der Waals surface area (Å²) in [5.74, 6) is -0.396. The standard InChI is InChI=1S/C17H28N2O4/c1-16(2,3)23-15(22)17(4)9-10-19(11-17)14(21)12-7-5-6-8-13(20)18-12/h12H,5-11H2,1-4H3,(H,18,20)/t12-,17+/m0/s1. The molecule has 2 rings (SSSR count). The summed E-state index contributed by atoms with van der Waals surface area (Å²) in [7, 11) is 0. The first-order valence-corrected chi connectivity index (χ1v) is 8.42. The maximum Gasteiger partial charge on any atom is 0.314 e. The van der Waals surface area contributed by atoms with Crippen LogP contribution in [-0.4, -0.2) is 47.4 Å². The van der Waals surface area contributed by atoms with Crippen molar-refractivity contribution >= 4 is 17.8 Å². The Labute approximate surface area is 137 Å². The summed E-state index contributed by atoms with van der Waals surface area (Å²) in [5.41, 5.74) is -1.20. The Balaban J connectivity index is 1.99. The Morgan fingerprint density at radius 3 is 2.65 bits per heavy atom. The Hall–Kier alpha value is -1.59. The van der Waals surface area contributed by atoms with E-state index in [0.717, 1.165) is 12.8 Å². The molecule has 0 bridgehead atoms. The number of hydrogen-bond acceptors (Lipinski definition) is 4. The van der Waals surface area contributed by atoms with Crippen LogP contribution >= 0.6 is 0 Å². The van der Waals surface area contributed by atoms with Crippen molar-refractivity contribution in [1.29, 1.82) is 0 Å². The van der Waals surface area contributed by atoms with Gasteiger partial charge in [0.05, 0.1) is 5.41 Å². The molecule has 0 aromatic carbocycles. The van der Waals surface area contributed by atoms with Crippen LogP contribution in [0.4, 0.5) is 0 Å². The van der Waals surface area contributed by atoms with Gasteiger partial charge in [-0.1, -0.05) is 6.42 Å².